The second-order valence-corrected chi connectivity index (χ2v) is 7.22. The molecule has 0 aromatic heterocycles. The van der Waals surface area contributed by atoms with Crippen LogP contribution >= 0.6 is 0 Å². The molecule has 1 aliphatic rings. The molecule has 138 valence electrons. The molecule has 0 atom stereocenters. The highest BCUT2D eigenvalue weighted by Crippen LogP contribution is 2.13. The lowest BCUT2D eigenvalue weighted by molar-refractivity contribution is -0.143. The van der Waals surface area contributed by atoms with E-state index in [1.165, 1.54) is 24.3 Å². The number of sulfonamides is 1. The zero-order chi connectivity index (χ0) is 19.2. The Morgan fingerprint density at radius 1 is 1.27 bits per heavy atom. The van der Waals surface area contributed by atoms with Gasteiger partial charge in [0.2, 0.25) is 15.9 Å². The maximum absolute atomic E-state index is 12.0. The standard InChI is InChI=1S/C16H17N3O6S/c17-8-2-9-18-26(23,24)13-6-4-12(5-7-13)16(22)25-11-15(21)19-10-1-3-14(19)20/h4-7,18H,1-3,9-11H2. The van der Waals surface area contributed by atoms with E-state index >= 15 is 0 Å². The number of imide groups is 1. The average molecular weight is 379 g/mol. The van der Waals surface area contributed by atoms with Crippen molar-refractivity contribution < 1.29 is 27.5 Å². The van der Waals surface area contributed by atoms with Crippen LogP contribution in [0.25, 0.3) is 0 Å². The molecule has 9 nitrogen and oxygen atoms in total. The number of ether oxygens (including phenoxy) is 1. The molecule has 0 unspecified atom stereocenters. The van der Waals surface area contributed by atoms with Gasteiger partial charge >= 0.3 is 5.97 Å². The minimum absolute atomic E-state index is 0.0139. The first-order chi connectivity index (χ1) is 12.3. The fraction of sp³-hybridized carbons (Fsp3) is 0.375. The molecule has 0 saturated carbocycles. The number of nitriles is 1. The van der Waals surface area contributed by atoms with E-state index in [1.807, 2.05) is 6.07 Å². The molecule has 10 heteroatoms. The second kappa shape index (κ2) is 8.55. The van der Waals surface area contributed by atoms with Crippen LogP contribution in [0.1, 0.15) is 29.6 Å². The summed E-state index contributed by atoms with van der Waals surface area (Å²) in [5, 5.41) is 8.42. The number of esters is 1. The summed E-state index contributed by atoms with van der Waals surface area (Å²) in [5.41, 5.74) is 0.0709. The predicted octanol–water partition coefficient (Wildman–Crippen LogP) is 0.184. The molecule has 1 N–H and O–H groups in total. The van der Waals surface area contributed by atoms with Crippen molar-refractivity contribution >= 4 is 27.8 Å². The third kappa shape index (κ3) is 4.87. The van der Waals surface area contributed by atoms with E-state index in [-0.39, 0.29) is 29.3 Å². The van der Waals surface area contributed by atoms with Crippen LogP contribution in [0.15, 0.2) is 29.2 Å². The molecule has 0 aliphatic carbocycles. The number of hydrogen-bond donors (Lipinski definition) is 1. The van der Waals surface area contributed by atoms with Crippen LogP contribution in [0.3, 0.4) is 0 Å². The smallest absolute Gasteiger partial charge is 0.338 e. The SMILES string of the molecule is N#CCCNS(=O)(=O)c1ccc(C(=O)OCC(=O)N2CCCC2=O)cc1. The van der Waals surface area contributed by atoms with Crippen molar-refractivity contribution in [3.05, 3.63) is 29.8 Å². The summed E-state index contributed by atoms with van der Waals surface area (Å²) < 4.78 is 31.0. The summed E-state index contributed by atoms with van der Waals surface area (Å²) in [5.74, 6) is -1.67. The molecule has 1 aromatic carbocycles. The summed E-state index contributed by atoms with van der Waals surface area (Å²) in [6.07, 6.45) is 0.937. The van der Waals surface area contributed by atoms with Crippen LogP contribution in [-0.2, 0) is 24.3 Å². The molecule has 2 amide bonds. The molecule has 1 aliphatic heterocycles. The molecule has 1 fully saturated rings. The first kappa shape index (κ1) is 19.6. The van der Waals surface area contributed by atoms with Gasteiger partial charge < -0.3 is 4.74 Å². The van der Waals surface area contributed by atoms with Gasteiger partial charge in [0.1, 0.15) is 0 Å². The highest BCUT2D eigenvalue weighted by molar-refractivity contribution is 7.89. The van der Waals surface area contributed by atoms with Crippen LogP contribution in [0.5, 0.6) is 0 Å². The van der Waals surface area contributed by atoms with Crippen LogP contribution < -0.4 is 4.72 Å². The van der Waals surface area contributed by atoms with E-state index in [2.05, 4.69) is 4.72 Å². The third-order valence-corrected chi connectivity index (χ3v) is 5.11. The highest BCUT2D eigenvalue weighted by atomic mass is 32.2. The largest absolute Gasteiger partial charge is 0.452 e. The van der Waals surface area contributed by atoms with E-state index in [0.717, 1.165) is 4.90 Å². The monoisotopic (exact) mass is 379 g/mol. The molecule has 1 aromatic rings. The topological polar surface area (TPSA) is 134 Å². The Kier molecular flexibility index (Phi) is 6.43. The van der Waals surface area contributed by atoms with Crippen molar-refractivity contribution in [1.82, 2.24) is 9.62 Å². The first-order valence-electron chi connectivity index (χ1n) is 7.82. The normalized spacial score (nSPS) is 14.1. The van der Waals surface area contributed by atoms with Gasteiger partial charge in [-0.25, -0.2) is 17.9 Å². The van der Waals surface area contributed by atoms with E-state index in [9.17, 15) is 22.8 Å². The third-order valence-electron chi connectivity index (χ3n) is 3.63. The molecule has 0 radical (unpaired) electrons. The lowest BCUT2D eigenvalue weighted by atomic mass is 10.2. The van der Waals surface area contributed by atoms with Crippen LogP contribution in [-0.4, -0.2) is 50.8 Å². The van der Waals surface area contributed by atoms with Crippen molar-refractivity contribution in [3.63, 3.8) is 0 Å². The number of carbonyl (C=O) groups is 3. The van der Waals surface area contributed by atoms with Gasteiger partial charge in [-0.3, -0.25) is 14.5 Å². The fourth-order valence-corrected chi connectivity index (χ4v) is 3.33. The lowest BCUT2D eigenvalue weighted by Crippen LogP contribution is -2.35. The van der Waals surface area contributed by atoms with Gasteiger partial charge in [-0.2, -0.15) is 5.26 Å². The summed E-state index contributed by atoms with van der Waals surface area (Å²) >= 11 is 0. The first-order valence-corrected chi connectivity index (χ1v) is 9.30. The maximum atomic E-state index is 12.0. The van der Waals surface area contributed by atoms with Gasteiger partial charge in [-0.05, 0) is 30.7 Å². The van der Waals surface area contributed by atoms with Crippen LogP contribution in [0, 0.1) is 11.3 Å². The lowest BCUT2D eigenvalue weighted by Gasteiger charge is -2.13. The Hall–Kier alpha value is -2.77. The minimum Gasteiger partial charge on any atom is -0.452 e. The van der Waals surface area contributed by atoms with Crippen LogP contribution in [0.4, 0.5) is 0 Å². The Morgan fingerprint density at radius 2 is 1.96 bits per heavy atom. The average Bonchev–Trinajstić information content (AvgIpc) is 3.05. The van der Waals surface area contributed by atoms with Gasteiger partial charge in [-0.15, -0.1) is 0 Å². The molecule has 2 rings (SSSR count). The zero-order valence-corrected chi connectivity index (χ0v) is 14.6. The summed E-state index contributed by atoms with van der Waals surface area (Å²) in [6.45, 7) is -0.249. The number of likely N-dealkylation sites (tertiary alicyclic amines) is 1. The number of nitrogens with zero attached hydrogens (tertiary/aromatic N) is 2. The molecule has 0 spiro atoms. The maximum Gasteiger partial charge on any atom is 0.338 e. The fourth-order valence-electron chi connectivity index (χ4n) is 2.30. The summed E-state index contributed by atoms with van der Waals surface area (Å²) in [4.78, 5) is 36.2. The number of benzene rings is 1. The minimum atomic E-state index is -3.77. The quantitative estimate of drug-likeness (QED) is 0.528. The van der Waals surface area contributed by atoms with E-state index in [1.54, 1.807) is 0 Å². The van der Waals surface area contributed by atoms with Gasteiger partial charge in [0, 0.05) is 25.9 Å². The van der Waals surface area contributed by atoms with E-state index in [0.29, 0.717) is 19.4 Å². The number of rotatable bonds is 7. The Balaban J connectivity index is 1.93. The highest BCUT2D eigenvalue weighted by Gasteiger charge is 2.27. The van der Waals surface area contributed by atoms with Crippen molar-refractivity contribution in [2.75, 3.05) is 19.7 Å². The van der Waals surface area contributed by atoms with Gasteiger partial charge in [0.05, 0.1) is 16.5 Å². The molecular formula is C16H17N3O6S. The zero-order valence-electron chi connectivity index (χ0n) is 13.8. The molecule has 0 bridgehead atoms. The molecule has 1 heterocycles. The van der Waals surface area contributed by atoms with E-state index < -0.39 is 28.5 Å². The van der Waals surface area contributed by atoms with Crippen molar-refractivity contribution in [1.29, 1.82) is 5.26 Å². The van der Waals surface area contributed by atoms with Crippen molar-refractivity contribution in [2.24, 2.45) is 0 Å². The molecule has 26 heavy (non-hydrogen) atoms. The summed E-state index contributed by atoms with van der Waals surface area (Å²) in [6, 6.07) is 6.77. The second-order valence-electron chi connectivity index (χ2n) is 5.45. The molecular weight excluding hydrogens is 362 g/mol. The molecule has 1 saturated heterocycles. The Morgan fingerprint density at radius 3 is 2.54 bits per heavy atom. The van der Waals surface area contributed by atoms with E-state index in [4.69, 9.17) is 10.00 Å². The number of amides is 2. The van der Waals surface area contributed by atoms with Gasteiger partial charge in [0.25, 0.3) is 5.91 Å². The number of carbonyl (C=O) groups excluding carboxylic acids is 3. The number of hydrogen-bond acceptors (Lipinski definition) is 7. The van der Waals surface area contributed by atoms with Crippen molar-refractivity contribution in [3.8, 4) is 6.07 Å². The summed E-state index contributed by atoms with van der Waals surface area (Å²) in [7, 11) is -3.77. The Labute approximate surface area is 150 Å². The van der Waals surface area contributed by atoms with Gasteiger partial charge in [-0.1, -0.05) is 0 Å². The van der Waals surface area contributed by atoms with Crippen LogP contribution in [0.2, 0.25) is 0 Å². The number of nitrogens with one attached hydrogen (secondary N) is 1. The Bertz CT molecular complexity index is 842. The van der Waals surface area contributed by atoms with Gasteiger partial charge in [0.15, 0.2) is 6.61 Å². The predicted molar refractivity (Wildman–Crippen MR) is 88.1 cm³/mol. The van der Waals surface area contributed by atoms with Crippen molar-refractivity contribution in [2.45, 2.75) is 24.2 Å².